The summed E-state index contributed by atoms with van der Waals surface area (Å²) in [6.07, 6.45) is 0. The molecule has 0 bridgehead atoms. The van der Waals surface area contributed by atoms with Gasteiger partial charge in [0.05, 0.1) is 5.52 Å². The lowest BCUT2D eigenvalue weighted by Crippen LogP contribution is -1.97. The summed E-state index contributed by atoms with van der Waals surface area (Å²) in [6.45, 7) is 6.35. The number of halogens is 1. The molecule has 3 heteroatoms. The minimum absolute atomic E-state index is 0.228. The third-order valence-corrected chi connectivity index (χ3v) is 5.05. The maximum atomic E-state index is 13.6. The van der Waals surface area contributed by atoms with Gasteiger partial charge in [0.25, 0.3) is 0 Å². The lowest BCUT2D eigenvalue weighted by atomic mass is 9.88. The molecule has 0 aliphatic rings. The third-order valence-electron chi connectivity index (χ3n) is 5.05. The summed E-state index contributed by atoms with van der Waals surface area (Å²) in [7, 11) is 0. The van der Waals surface area contributed by atoms with Crippen LogP contribution in [0.2, 0.25) is 0 Å². The summed E-state index contributed by atoms with van der Waals surface area (Å²) < 4.78 is 13.6. The fraction of sp³-hybridized carbons (Fsp3) is 0.143. The van der Waals surface area contributed by atoms with Crippen molar-refractivity contribution < 1.29 is 4.39 Å². The van der Waals surface area contributed by atoms with Gasteiger partial charge in [-0.25, -0.2) is 4.39 Å². The first-order valence-corrected chi connectivity index (χ1v) is 8.04. The number of nitrogens with one attached hydrogen (secondary N) is 1. The Morgan fingerprint density at radius 1 is 0.917 bits per heavy atom. The van der Waals surface area contributed by atoms with Gasteiger partial charge in [-0.15, -0.1) is 0 Å². The predicted molar refractivity (Wildman–Crippen MR) is 99.8 cm³/mol. The van der Waals surface area contributed by atoms with Crippen molar-refractivity contribution in [3.8, 4) is 11.1 Å². The predicted octanol–water partition coefficient (Wildman–Crippen LogP) is 5.63. The standard InChI is InChI=1S/C21H19FN2/c1-11-12(2)20-16-9-8-14(22)10-18(16)24-21(20)13(3)19(11)15-6-4-5-7-17(15)23/h4-10,24H,23H2,1-3H3. The highest BCUT2D eigenvalue weighted by molar-refractivity contribution is 6.12. The molecular formula is C21H19FN2. The second-order valence-electron chi connectivity index (χ2n) is 6.40. The molecule has 24 heavy (non-hydrogen) atoms. The van der Waals surface area contributed by atoms with Crippen LogP contribution < -0.4 is 5.73 Å². The van der Waals surface area contributed by atoms with E-state index in [1.807, 2.05) is 24.3 Å². The van der Waals surface area contributed by atoms with Gasteiger partial charge in [0.2, 0.25) is 0 Å². The van der Waals surface area contributed by atoms with Gasteiger partial charge in [-0.05, 0) is 67.3 Å². The Labute approximate surface area is 140 Å². The molecular weight excluding hydrogens is 299 g/mol. The van der Waals surface area contributed by atoms with Gasteiger partial charge in [0, 0.05) is 27.5 Å². The van der Waals surface area contributed by atoms with E-state index in [4.69, 9.17) is 5.73 Å². The number of benzene rings is 3. The molecule has 4 rings (SSSR count). The van der Waals surface area contributed by atoms with Crippen molar-refractivity contribution in [3.05, 3.63) is 65.0 Å². The van der Waals surface area contributed by atoms with Crippen LogP contribution in [-0.2, 0) is 0 Å². The summed E-state index contributed by atoms with van der Waals surface area (Å²) >= 11 is 0. The van der Waals surface area contributed by atoms with Crippen LogP contribution in [0.15, 0.2) is 42.5 Å². The third kappa shape index (κ3) is 1.94. The Kier molecular flexibility index (Phi) is 3.14. The molecule has 0 spiro atoms. The second kappa shape index (κ2) is 5.10. The summed E-state index contributed by atoms with van der Waals surface area (Å²) in [5.41, 5.74) is 14.6. The van der Waals surface area contributed by atoms with Crippen LogP contribution >= 0.6 is 0 Å². The van der Waals surface area contributed by atoms with Gasteiger partial charge >= 0.3 is 0 Å². The number of aryl methyl sites for hydroxylation is 2. The number of nitrogen functional groups attached to an aromatic ring is 1. The molecule has 3 N–H and O–H groups in total. The van der Waals surface area contributed by atoms with Crippen molar-refractivity contribution in [2.75, 3.05) is 5.73 Å². The highest BCUT2D eigenvalue weighted by Crippen LogP contribution is 2.40. The number of aromatic nitrogens is 1. The molecule has 3 aromatic carbocycles. The molecule has 0 fully saturated rings. The Hall–Kier alpha value is -2.81. The molecule has 0 saturated carbocycles. The van der Waals surface area contributed by atoms with Gasteiger partial charge < -0.3 is 10.7 Å². The summed E-state index contributed by atoms with van der Waals surface area (Å²) in [4.78, 5) is 3.40. The van der Waals surface area contributed by atoms with Gasteiger partial charge in [-0.1, -0.05) is 18.2 Å². The highest BCUT2D eigenvalue weighted by atomic mass is 19.1. The van der Waals surface area contributed by atoms with E-state index >= 15 is 0 Å². The van der Waals surface area contributed by atoms with Gasteiger partial charge in [-0.3, -0.25) is 0 Å². The minimum Gasteiger partial charge on any atom is -0.398 e. The molecule has 120 valence electrons. The molecule has 1 aromatic heterocycles. The Bertz CT molecular complexity index is 1110. The largest absolute Gasteiger partial charge is 0.398 e. The van der Waals surface area contributed by atoms with Crippen molar-refractivity contribution in [1.29, 1.82) is 0 Å². The molecule has 4 aromatic rings. The molecule has 2 nitrogen and oxygen atoms in total. The van der Waals surface area contributed by atoms with Crippen molar-refractivity contribution >= 4 is 27.5 Å². The van der Waals surface area contributed by atoms with Crippen LogP contribution in [-0.4, -0.2) is 4.98 Å². The van der Waals surface area contributed by atoms with Crippen LogP contribution in [0.1, 0.15) is 16.7 Å². The van der Waals surface area contributed by atoms with Crippen LogP contribution in [0.3, 0.4) is 0 Å². The second-order valence-corrected chi connectivity index (χ2v) is 6.40. The molecule has 0 unspecified atom stereocenters. The van der Waals surface area contributed by atoms with Crippen molar-refractivity contribution in [2.24, 2.45) is 0 Å². The molecule has 0 radical (unpaired) electrons. The average molecular weight is 318 g/mol. The number of hydrogen-bond donors (Lipinski definition) is 2. The van der Waals surface area contributed by atoms with E-state index in [0.29, 0.717) is 0 Å². The highest BCUT2D eigenvalue weighted by Gasteiger charge is 2.18. The number of rotatable bonds is 1. The number of para-hydroxylation sites is 1. The fourth-order valence-electron chi connectivity index (χ4n) is 3.75. The fourth-order valence-corrected chi connectivity index (χ4v) is 3.75. The lowest BCUT2D eigenvalue weighted by Gasteiger charge is -2.16. The zero-order valence-corrected chi connectivity index (χ0v) is 14.0. The lowest BCUT2D eigenvalue weighted by molar-refractivity contribution is 0.629. The van der Waals surface area contributed by atoms with Crippen LogP contribution in [0, 0.1) is 26.6 Å². The Morgan fingerprint density at radius 3 is 2.42 bits per heavy atom. The van der Waals surface area contributed by atoms with E-state index in [1.165, 1.54) is 22.6 Å². The first kappa shape index (κ1) is 14.8. The molecule has 0 aliphatic heterocycles. The maximum Gasteiger partial charge on any atom is 0.125 e. The summed E-state index contributed by atoms with van der Waals surface area (Å²) in [6, 6.07) is 12.9. The van der Waals surface area contributed by atoms with Gasteiger partial charge in [0.15, 0.2) is 0 Å². The molecule has 1 heterocycles. The van der Waals surface area contributed by atoms with Crippen LogP contribution in [0.4, 0.5) is 10.1 Å². The summed E-state index contributed by atoms with van der Waals surface area (Å²) in [5, 5.41) is 2.22. The van der Waals surface area contributed by atoms with Crippen LogP contribution in [0.5, 0.6) is 0 Å². The first-order chi connectivity index (χ1) is 11.5. The number of nitrogens with two attached hydrogens (primary N) is 1. The van der Waals surface area contributed by atoms with E-state index in [0.717, 1.165) is 38.8 Å². The van der Waals surface area contributed by atoms with E-state index in [-0.39, 0.29) is 5.82 Å². The number of aromatic amines is 1. The normalized spacial score (nSPS) is 11.5. The number of hydrogen-bond acceptors (Lipinski definition) is 1. The topological polar surface area (TPSA) is 41.8 Å². The van der Waals surface area contributed by atoms with E-state index < -0.39 is 0 Å². The van der Waals surface area contributed by atoms with E-state index in [1.54, 1.807) is 6.07 Å². The minimum atomic E-state index is -0.228. The zero-order valence-electron chi connectivity index (χ0n) is 14.0. The molecule has 0 amide bonds. The van der Waals surface area contributed by atoms with Gasteiger partial charge in [0.1, 0.15) is 5.82 Å². The summed E-state index contributed by atoms with van der Waals surface area (Å²) in [5.74, 6) is -0.228. The average Bonchev–Trinajstić information content (AvgIpc) is 2.93. The number of H-pyrrole nitrogens is 1. The Balaban J connectivity index is 2.18. The molecule has 0 saturated heterocycles. The first-order valence-electron chi connectivity index (χ1n) is 8.04. The molecule has 0 aliphatic carbocycles. The quantitative estimate of drug-likeness (QED) is 0.438. The van der Waals surface area contributed by atoms with Crippen molar-refractivity contribution in [3.63, 3.8) is 0 Å². The van der Waals surface area contributed by atoms with Crippen LogP contribution in [0.25, 0.3) is 32.9 Å². The number of anilines is 1. The Morgan fingerprint density at radius 2 is 1.67 bits per heavy atom. The smallest absolute Gasteiger partial charge is 0.125 e. The SMILES string of the molecule is Cc1c(-c2ccccc2N)c(C)c2[nH]c3cc(F)ccc3c2c1C. The van der Waals surface area contributed by atoms with Crippen molar-refractivity contribution in [1.82, 2.24) is 4.98 Å². The van der Waals surface area contributed by atoms with E-state index in [9.17, 15) is 4.39 Å². The maximum absolute atomic E-state index is 13.6. The van der Waals surface area contributed by atoms with Crippen molar-refractivity contribution in [2.45, 2.75) is 20.8 Å². The zero-order chi connectivity index (χ0) is 17.0. The molecule has 0 atom stereocenters. The monoisotopic (exact) mass is 318 g/mol. The van der Waals surface area contributed by atoms with E-state index in [2.05, 4.69) is 31.8 Å². The number of fused-ring (bicyclic) bond motifs is 3. The van der Waals surface area contributed by atoms with Gasteiger partial charge in [-0.2, -0.15) is 0 Å².